The van der Waals surface area contributed by atoms with Crippen molar-refractivity contribution >= 4 is 51.2 Å². The molecule has 0 saturated carbocycles. The minimum Gasteiger partial charge on any atom is -0.493 e. The van der Waals surface area contributed by atoms with Gasteiger partial charge in [-0.15, -0.1) is 0 Å². The second kappa shape index (κ2) is 9.48. The third kappa shape index (κ3) is 4.26. The summed E-state index contributed by atoms with van der Waals surface area (Å²) in [6.45, 7) is 0. The molecule has 0 spiro atoms. The van der Waals surface area contributed by atoms with Crippen molar-refractivity contribution in [2.45, 2.75) is 6.04 Å². The molecule has 3 aromatic carbocycles. The van der Waals surface area contributed by atoms with Gasteiger partial charge in [0.1, 0.15) is 5.82 Å². The standard InChI is InChI=1S/C26H23ClN4O3S/c1-32-19-12-15(13-20(33-2)24(19)34-3)23-21(25-28-17-6-4-5-7-18(17)29-25)22(30-26(35)31-23)14-8-10-16(27)11-9-14/h4-13,22H,1-3H3,(H,28,29)(H2,30,31,35)/t22-/m0/s1. The Kier molecular flexibility index (Phi) is 6.23. The summed E-state index contributed by atoms with van der Waals surface area (Å²) in [4.78, 5) is 8.36. The fraction of sp³-hybridized carbons (Fsp3) is 0.154. The second-order valence-corrected chi connectivity index (χ2v) is 8.73. The number of hydrogen-bond acceptors (Lipinski definition) is 5. The number of fused-ring (bicyclic) bond motifs is 1. The Morgan fingerprint density at radius 3 is 2.23 bits per heavy atom. The molecule has 7 nitrogen and oxygen atoms in total. The molecule has 0 saturated heterocycles. The molecular weight excluding hydrogens is 484 g/mol. The van der Waals surface area contributed by atoms with E-state index in [0.29, 0.717) is 33.2 Å². The van der Waals surface area contributed by atoms with Gasteiger partial charge in [0.25, 0.3) is 0 Å². The average Bonchev–Trinajstić information content (AvgIpc) is 3.31. The van der Waals surface area contributed by atoms with Crippen molar-refractivity contribution in [2.75, 3.05) is 21.3 Å². The third-order valence-electron chi connectivity index (χ3n) is 5.87. The Morgan fingerprint density at radius 2 is 1.60 bits per heavy atom. The first kappa shape index (κ1) is 23.0. The largest absolute Gasteiger partial charge is 0.493 e. The minimum atomic E-state index is -0.296. The number of methoxy groups -OCH3 is 3. The highest BCUT2D eigenvalue weighted by atomic mass is 35.5. The number of aromatic amines is 1. The van der Waals surface area contributed by atoms with Crippen molar-refractivity contribution in [1.29, 1.82) is 0 Å². The number of hydrogen-bond donors (Lipinski definition) is 3. The van der Waals surface area contributed by atoms with Crippen molar-refractivity contribution < 1.29 is 14.2 Å². The molecule has 9 heteroatoms. The lowest BCUT2D eigenvalue weighted by Crippen LogP contribution is -2.43. The van der Waals surface area contributed by atoms with Crippen LogP contribution in [-0.4, -0.2) is 36.4 Å². The second-order valence-electron chi connectivity index (χ2n) is 7.89. The molecule has 4 aromatic rings. The van der Waals surface area contributed by atoms with E-state index in [9.17, 15) is 0 Å². The summed E-state index contributed by atoms with van der Waals surface area (Å²) in [6.07, 6.45) is 0. The summed E-state index contributed by atoms with van der Waals surface area (Å²) >= 11 is 11.8. The molecule has 1 atom stereocenters. The van der Waals surface area contributed by atoms with Crippen LogP contribution in [0.5, 0.6) is 17.2 Å². The van der Waals surface area contributed by atoms with Crippen LogP contribution in [0.15, 0.2) is 60.7 Å². The molecule has 0 amide bonds. The summed E-state index contributed by atoms with van der Waals surface area (Å²) in [7, 11) is 4.76. The number of rotatable bonds is 6. The van der Waals surface area contributed by atoms with Crippen molar-refractivity contribution in [1.82, 2.24) is 20.6 Å². The number of halogens is 1. The maximum Gasteiger partial charge on any atom is 0.203 e. The lowest BCUT2D eigenvalue weighted by atomic mass is 9.92. The van der Waals surface area contributed by atoms with Gasteiger partial charge in [-0.3, -0.25) is 0 Å². The smallest absolute Gasteiger partial charge is 0.203 e. The SMILES string of the molecule is COc1cc(C2=C(c3nc4ccccc4[nH]3)[C@H](c3ccc(Cl)cc3)NC(=S)N2)cc(OC)c1OC. The molecule has 0 unspecified atom stereocenters. The topological polar surface area (TPSA) is 80.4 Å². The maximum atomic E-state index is 6.18. The lowest BCUT2D eigenvalue weighted by Gasteiger charge is -2.32. The number of aromatic nitrogens is 2. The Bertz CT molecular complexity index is 1390. The van der Waals surface area contributed by atoms with E-state index < -0.39 is 0 Å². The molecule has 0 radical (unpaired) electrons. The highest BCUT2D eigenvalue weighted by molar-refractivity contribution is 7.80. The Hall–Kier alpha value is -3.75. The van der Waals surface area contributed by atoms with Crippen molar-refractivity contribution in [3.8, 4) is 17.2 Å². The van der Waals surface area contributed by atoms with Crippen molar-refractivity contribution in [3.05, 3.63) is 82.6 Å². The van der Waals surface area contributed by atoms with E-state index in [2.05, 4.69) is 15.6 Å². The van der Waals surface area contributed by atoms with Crippen LogP contribution in [0.4, 0.5) is 0 Å². The number of para-hydroxylation sites is 2. The molecule has 5 rings (SSSR count). The summed E-state index contributed by atoms with van der Waals surface area (Å²) in [6, 6.07) is 19.1. The highest BCUT2D eigenvalue weighted by Crippen LogP contribution is 2.43. The summed E-state index contributed by atoms with van der Waals surface area (Å²) in [5, 5.41) is 7.87. The number of ether oxygens (including phenoxy) is 3. The van der Waals surface area contributed by atoms with Crippen LogP contribution in [-0.2, 0) is 0 Å². The first-order chi connectivity index (χ1) is 17.0. The zero-order valence-electron chi connectivity index (χ0n) is 19.3. The van der Waals surface area contributed by atoms with E-state index in [0.717, 1.165) is 33.4 Å². The maximum absolute atomic E-state index is 6.18. The molecule has 0 fully saturated rings. The quantitative estimate of drug-likeness (QED) is 0.305. The predicted octanol–water partition coefficient (Wildman–Crippen LogP) is 5.33. The number of benzene rings is 3. The summed E-state index contributed by atoms with van der Waals surface area (Å²) in [5.74, 6) is 2.29. The van der Waals surface area contributed by atoms with Gasteiger partial charge in [-0.1, -0.05) is 35.9 Å². The monoisotopic (exact) mass is 506 g/mol. The minimum absolute atomic E-state index is 0.296. The lowest BCUT2D eigenvalue weighted by molar-refractivity contribution is 0.324. The number of H-pyrrole nitrogens is 1. The fourth-order valence-corrected chi connectivity index (χ4v) is 4.60. The van der Waals surface area contributed by atoms with E-state index >= 15 is 0 Å². The molecule has 0 bridgehead atoms. The van der Waals surface area contributed by atoms with Gasteiger partial charge in [-0.2, -0.15) is 0 Å². The van der Waals surface area contributed by atoms with E-state index in [1.807, 2.05) is 60.7 Å². The first-order valence-electron chi connectivity index (χ1n) is 10.8. The van der Waals surface area contributed by atoms with Gasteiger partial charge in [0.05, 0.1) is 44.1 Å². The van der Waals surface area contributed by atoms with Crippen LogP contribution in [0.3, 0.4) is 0 Å². The van der Waals surface area contributed by atoms with Crippen molar-refractivity contribution in [3.63, 3.8) is 0 Å². The Balaban J connectivity index is 1.80. The Labute approximate surface area is 213 Å². The molecule has 35 heavy (non-hydrogen) atoms. The first-order valence-corrected chi connectivity index (χ1v) is 11.6. The normalized spacial score (nSPS) is 15.5. The van der Waals surface area contributed by atoms with Crippen LogP contribution in [0.2, 0.25) is 5.02 Å². The molecular formula is C26H23ClN4O3S. The number of imidazole rings is 1. The molecule has 3 N–H and O–H groups in total. The van der Waals surface area contributed by atoms with Gasteiger partial charge >= 0.3 is 0 Å². The zero-order chi connectivity index (χ0) is 24.5. The van der Waals surface area contributed by atoms with Crippen LogP contribution >= 0.6 is 23.8 Å². The fourth-order valence-electron chi connectivity index (χ4n) is 4.26. The molecule has 1 aliphatic heterocycles. The van der Waals surface area contributed by atoms with Gasteiger partial charge in [0.15, 0.2) is 16.6 Å². The van der Waals surface area contributed by atoms with E-state index in [1.165, 1.54) is 0 Å². The van der Waals surface area contributed by atoms with E-state index in [1.54, 1.807) is 21.3 Å². The van der Waals surface area contributed by atoms with Gasteiger partial charge < -0.3 is 29.8 Å². The number of thiocarbonyl (C=S) groups is 1. The highest BCUT2D eigenvalue weighted by Gasteiger charge is 2.31. The molecule has 2 heterocycles. The number of nitrogens with zero attached hydrogens (tertiary/aromatic N) is 1. The Morgan fingerprint density at radius 1 is 0.914 bits per heavy atom. The van der Waals surface area contributed by atoms with Crippen LogP contribution < -0.4 is 24.8 Å². The van der Waals surface area contributed by atoms with E-state index in [4.69, 9.17) is 43.0 Å². The zero-order valence-corrected chi connectivity index (χ0v) is 20.9. The predicted molar refractivity (Wildman–Crippen MR) is 142 cm³/mol. The summed E-state index contributed by atoms with van der Waals surface area (Å²) in [5.41, 5.74) is 5.24. The molecule has 0 aliphatic carbocycles. The van der Waals surface area contributed by atoms with Crippen LogP contribution in [0, 0.1) is 0 Å². The van der Waals surface area contributed by atoms with Gasteiger partial charge in [0, 0.05) is 16.2 Å². The van der Waals surface area contributed by atoms with Crippen molar-refractivity contribution in [2.24, 2.45) is 0 Å². The molecule has 1 aromatic heterocycles. The van der Waals surface area contributed by atoms with E-state index in [-0.39, 0.29) is 6.04 Å². The summed E-state index contributed by atoms with van der Waals surface area (Å²) < 4.78 is 16.7. The van der Waals surface area contributed by atoms with Crippen LogP contribution in [0.1, 0.15) is 23.0 Å². The van der Waals surface area contributed by atoms with Gasteiger partial charge in [0.2, 0.25) is 5.75 Å². The average molecular weight is 507 g/mol. The number of nitrogens with one attached hydrogen (secondary N) is 3. The van der Waals surface area contributed by atoms with Gasteiger partial charge in [-0.25, -0.2) is 4.98 Å². The third-order valence-corrected chi connectivity index (χ3v) is 6.35. The van der Waals surface area contributed by atoms with Crippen LogP contribution in [0.25, 0.3) is 22.3 Å². The molecule has 178 valence electrons. The van der Waals surface area contributed by atoms with Gasteiger partial charge in [-0.05, 0) is 54.2 Å². The molecule has 1 aliphatic rings.